The van der Waals surface area contributed by atoms with E-state index in [-0.39, 0.29) is 30.7 Å². The van der Waals surface area contributed by atoms with Gasteiger partial charge in [0.1, 0.15) is 5.75 Å². The fourth-order valence-electron chi connectivity index (χ4n) is 1.41. The van der Waals surface area contributed by atoms with Crippen molar-refractivity contribution in [3.8, 4) is 5.75 Å². The van der Waals surface area contributed by atoms with Gasteiger partial charge in [-0.1, -0.05) is 19.1 Å². The summed E-state index contributed by atoms with van der Waals surface area (Å²) in [6, 6.07) is 6.40. The summed E-state index contributed by atoms with van der Waals surface area (Å²) >= 11 is 0. The van der Waals surface area contributed by atoms with Gasteiger partial charge in [-0.15, -0.1) is 0 Å². The second-order valence-corrected chi connectivity index (χ2v) is 3.70. The van der Waals surface area contributed by atoms with Gasteiger partial charge >= 0.3 is 0 Å². The maximum absolute atomic E-state index is 11.5. The van der Waals surface area contributed by atoms with Crippen LogP contribution < -0.4 is 5.32 Å². The summed E-state index contributed by atoms with van der Waals surface area (Å²) in [5, 5.41) is 20.9. The zero-order valence-corrected chi connectivity index (χ0v) is 9.31. The first-order valence-electron chi connectivity index (χ1n) is 5.33. The van der Waals surface area contributed by atoms with Gasteiger partial charge in [0.15, 0.2) is 0 Å². The van der Waals surface area contributed by atoms with Gasteiger partial charge in [0.05, 0.1) is 19.1 Å². The van der Waals surface area contributed by atoms with Gasteiger partial charge in [0.2, 0.25) is 5.91 Å². The SMILES string of the molecule is CCC(CO)NC(=O)Cc1cccc(O)c1. The second kappa shape index (κ2) is 6.12. The number of phenolic OH excluding ortho intramolecular Hbond substituents is 1. The molecule has 1 atom stereocenters. The van der Waals surface area contributed by atoms with Crippen LogP contribution in [0.5, 0.6) is 5.75 Å². The van der Waals surface area contributed by atoms with Crippen LogP contribution >= 0.6 is 0 Å². The molecule has 0 aliphatic rings. The van der Waals surface area contributed by atoms with E-state index in [9.17, 15) is 9.90 Å². The molecule has 0 bridgehead atoms. The number of nitrogens with one attached hydrogen (secondary N) is 1. The fourth-order valence-corrected chi connectivity index (χ4v) is 1.41. The molecule has 4 nitrogen and oxygen atoms in total. The Morgan fingerprint density at radius 3 is 2.81 bits per heavy atom. The summed E-state index contributed by atoms with van der Waals surface area (Å²) in [5.41, 5.74) is 0.755. The van der Waals surface area contributed by atoms with Gasteiger partial charge < -0.3 is 15.5 Å². The van der Waals surface area contributed by atoms with Gasteiger partial charge in [-0.05, 0) is 24.1 Å². The lowest BCUT2D eigenvalue weighted by atomic mass is 10.1. The largest absolute Gasteiger partial charge is 0.508 e. The normalized spacial score (nSPS) is 12.1. The number of phenols is 1. The quantitative estimate of drug-likeness (QED) is 0.692. The summed E-state index contributed by atoms with van der Waals surface area (Å²) in [5.74, 6) is 0.00556. The summed E-state index contributed by atoms with van der Waals surface area (Å²) in [7, 11) is 0. The number of aromatic hydroxyl groups is 1. The average molecular weight is 223 g/mol. The van der Waals surface area contributed by atoms with Crippen molar-refractivity contribution in [3.05, 3.63) is 29.8 Å². The molecule has 0 saturated carbocycles. The highest BCUT2D eigenvalue weighted by atomic mass is 16.3. The Morgan fingerprint density at radius 2 is 2.25 bits per heavy atom. The maximum Gasteiger partial charge on any atom is 0.224 e. The molecule has 0 aliphatic carbocycles. The van der Waals surface area contributed by atoms with Crippen molar-refractivity contribution in [1.82, 2.24) is 5.32 Å². The van der Waals surface area contributed by atoms with Crippen molar-refractivity contribution in [2.24, 2.45) is 0 Å². The van der Waals surface area contributed by atoms with Gasteiger partial charge in [-0.3, -0.25) is 4.79 Å². The van der Waals surface area contributed by atoms with Crippen molar-refractivity contribution in [2.75, 3.05) is 6.61 Å². The summed E-state index contributed by atoms with van der Waals surface area (Å²) in [6.45, 7) is 1.85. The zero-order chi connectivity index (χ0) is 12.0. The minimum absolute atomic E-state index is 0.0533. The van der Waals surface area contributed by atoms with E-state index in [1.165, 1.54) is 0 Å². The molecule has 0 saturated heterocycles. The molecule has 0 heterocycles. The van der Waals surface area contributed by atoms with Crippen LogP contribution in [-0.2, 0) is 11.2 Å². The topological polar surface area (TPSA) is 69.6 Å². The molecule has 4 heteroatoms. The van der Waals surface area contributed by atoms with Gasteiger partial charge in [-0.25, -0.2) is 0 Å². The molecule has 88 valence electrons. The van der Waals surface area contributed by atoms with E-state index in [1.807, 2.05) is 6.92 Å². The standard InChI is InChI=1S/C12H17NO3/c1-2-10(8-14)13-12(16)7-9-4-3-5-11(15)6-9/h3-6,10,14-15H,2,7-8H2,1H3,(H,13,16). The molecule has 0 aliphatic heterocycles. The summed E-state index contributed by atoms with van der Waals surface area (Å²) in [4.78, 5) is 11.5. The number of benzene rings is 1. The highest BCUT2D eigenvalue weighted by Crippen LogP contribution is 2.11. The van der Waals surface area contributed by atoms with E-state index in [0.717, 1.165) is 5.56 Å². The smallest absolute Gasteiger partial charge is 0.224 e. The van der Waals surface area contributed by atoms with E-state index in [0.29, 0.717) is 6.42 Å². The third-order valence-corrected chi connectivity index (χ3v) is 2.35. The number of carbonyl (C=O) groups excluding carboxylic acids is 1. The minimum Gasteiger partial charge on any atom is -0.508 e. The Bertz CT molecular complexity index is 348. The van der Waals surface area contributed by atoms with E-state index < -0.39 is 0 Å². The van der Waals surface area contributed by atoms with E-state index >= 15 is 0 Å². The highest BCUT2D eigenvalue weighted by molar-refractivity contribution is 5.78. The van der Waals surface area contributed by atoms with E-state index in [2.05, 4.69) is 5.32 Å². The second-order valence-electron chi connectivity index (χ2n) is 3.70. The van der Waals surface area contributed by atoms with Crippen molar-refractivity contribution >= 4 is 5.91 Å². The molecule has 0 radical (unpaired) electrons. The molecule has 3 N–H and O–H groups in total. The van der Waals surface area contributed by atoms with Gasteiger partial charge in [0.25, 0.3) is 0 Å². The number of rotatable bonds is 5. The molecule has 1 unspecified atom stereocenters. The maximum atomic E-state index is 11.5. The Morgan fingerprint density at radius 1 is 1.50 bits per heavy atom. The first-order valence-corrected chi connectivity index (χ1v) is 5.33. The van der Waals surface area contributed by atoms with Crippen LogP contribution in [0.25, 0.3) is 0 Å². The Hall–Kier alpha value is -1.55. The molecule has 1 aromatic carbocycles. The Kier molecular flexibility index (Phi) is 4.79. The molecule has 1 aromatic rings. The first-order chi connectivity index (χ1) is 7.65. The highest BCUT2D eigenvalue weighted by Gasteiger charge is 2.09. The van der Waals surface area contributed by atoms with Crippen molar-refractivity contribution in [3.63, 3.8) is 0 Å². The third-order valence-electron chi connectivity index (χ3n) is 2.35. The number of hydrogen-bond donors (Lipinski definition) is 3. The molecule has 16 heavy (non-hydrogen) atoms. The zero-order valence-electron chi connectivity index (χ0n) is 9.31. The predicted molar refractivity (Wildman–Crippen MR) is 61.1 cm³/mol. The van der Waals surface area contributed by atoms with E-state index in [4.69, 9.17) is 5.11 Å². The number of aliphatic hydroxyl groups excluding tert-OH is 1. The molecule has 0 aromatic heterocycles. The molecule has 0 fully saturated rings. The molecule has 1 amide bonds. The van der Waals surface area contributed by atoms with E-state index in [1.54, 1.807) is 24.3 Å². The van der Waals surface area contributed by atoms with Gasteiger partial charge in [-0.2, -0.15) is 0 Å². The third kappa shape index (κ3) is 3.90. The lowest BCUT2D eigenvalue weighted by molar-refractivity contribution is -0.121. The fraction of sp³-hybridized carbons (Fsp3) is 0.417. The molecular weight excluding hydrogens is 206 g/mol. The lowest BCUT2D eigenvalue weighted by Crippen LogP contribution is -2.37. The van der Waals surface area contributed by atoms with Crippen LogP contribution in [0.1, 0.15) is 18.9 Å². The minimum atomic E-state index is -0.190. The Labute approximate surface area is 94.9 Å². The number of hydrogen-bond acceptors (Lipinski definition) is 3. The van der Waals surface area contributed by atoms with Gasteiger partial charge in [0, 0.05) is 0 Å². The summed E-state index contributed by atoms with van der Waals surface area (Å²) < 4.78 is 0. The predicted octanol–water partition coefficient (Wildman–Crippen LogP) is 0.822. The molecule has 0 spiro atoms. The van der Waals surface area contributed by atoms with Crippen LogP contribution in [0.2, 0.25) is 0 Å². The number of amides is 1. The average Bonchev–Trinajstić information content (AvgIpc) is 2.26. The number of carbonyl (C=O) groups is 1. The van der Waals surface area contributed by atoms with Crippen LogP contribution in [0.3, 0.4) is 0 Å². The monoisotopic (exact) mass is 223 g/mol. The number of aliphatic hydroxyl groups is 1. The van der Waals surface area contributed by atoms with Crippen LogP contribution in [0, 0.1) is 0 Å². The first kappa shape index (κ1) is 12.5. The van der Waals surface area contributed by atoms with Crippen LogP contribution in [-0.4, -0.2) is 28.8 Å². The Balaban J connectivity index is 2.51. The lowest BCUT2D eigenvalue weighted by Gasteiger charge is -2.13. The van der Waals surface area contributed by atoms with Crippen molar-refractivity contribution < 1.29 is 15.0 Å². The molecule has 1 rings (SSSR count). The summed E-state index contributed by atoms with van der Waals surface area (Å²) in [6.07, 6.45) is 0.910. The van der Waals surface area contributed by atoms with Crippen molar-refractivity contribution in [1.29, 1.82) is 0 Å². The molecular formula is C12H17NO3. The van der Waals surface area contributed by atoms with Crippen molar-refractivity contribution in [2.45, 2.75) is 25.8 Å². The van der Waals surface area contributed by atoms with Crippen LogP contribution in [0.4, 0.5) is 0 Å². The van der Waals surface area contributed by atoms with Crippen LogP contribution in [0.15, 0.2) is 24.3 Å².